The Morgan fingerprint density at radius 1 is 0.861 bits per heavy atom. The molecule has 0 spiro atoms. The van der Waals surface area contributed by atoms with Gasteiger partial charge in [0.05, 0.1) is 24.4 Å². The van der Waals surface area contributed by atoms with Gasteiger partial charge in [0.15, 0.2) is 0 Å². The van der Waals surface area contributed by atoms with E-state index in [1.165, 1.54) is 0 Å². The lowest BCUT2D eigenvalue weighted by Crippen LogP contribution is -2.37. The van der Waals surface area contributed by atoms with Crippen LogP contribution in [0.15, 0.2) is 48.8 Å². The van der Waals surface area contributed by atoms with Crippen molar-refractivity contribution in [1.82, 2.24) is 19.8 Å². The molecule has 0 radical (unpaired) electrons. The zero-order valence-corrected chi connectivity index (χ0v) is 21.0. The first-order valence-electron chi connectivity index (χ1n) is 12.0. The van der Waals surface area contributed by atoms with Gasteiger partial charge in [0.25, 0.3) is 11.8 Å². The van der Waals surface area contributed by atoms with Crippen LogP contribution in [0.1, 0.15) is 17.5 Å². The maximum atomic E-state index is 13.2. The van der Waals surface area contributed by atoms with E-state index in [-0.39, 0.29) is 0 Å². The highest BCUT2D eigenvalue weighted by molar-refractivity contribution is 6.51. The van der Waals surface area contributed by atoms with Crippen molar-refractivity contribution in [2.45, 2.75) is 13.0 Å². The Morgan fingerprint density at radius 3 is 2.33 bits per heavy atom. The number of aromatic amines is 1. The van der Waals surface area contributed by atoms with Crippen LogP contribution in [0, 0.1) is 0 Å². The van der Waals surface area contributed by atoms with Crippen molar-refractivity contribution >= 4 is 68.0 Å². The molecule has 2 aromatic heterocycles. The van der Waals surface area contributed by atoms with E-state index in [1.54, 1.807) is 18.3 Å². The summed E-state index contributed by atoms with van der Waals surface area (Å²) >= 11 is 12.6. The molecule has 2 aliphatic rings. The fraction of sp³-hybridized carbons (Fsp3) is 0.259. The van der Waals surface area contributed by atoms with E-state index < -0.39 is 11.8 Å². The van der Waals surface area contributed by atoms with Gasteiger partial charge in [0.2, 0.25) is 0 Å². The minimum Gasteiger partial charge on any atom is -0.379 e. The van der Waals surface area contributed by atoms with Crippen molar-refractivity contribution in [3.05, 3.63) is 70.0 Å². The lowest BCUT2D eigenvalue weighted by molar-refractivity contribution is -0.122. The summed E-state index contributed by atoms with van der Waals surface area (Å²) in [6.45, 7) is 5.18. The van der Waals surface area contributed by atoms with Crippen LogP contribution in [0.25, 0.3) is 33.0 Å². The number of nitrogens with one attached hydrogen (secondary N) is 2. The van der Waals surface area contributed by atoms with Crippen LogP contribution in [0.4, 0.5) is 0 Å². The largest absolute Gasteiger partial charge is 0.379 e. The summed E-state index contributed by atoms with van der Waals surface area (Å²) in [7, 11) is 0. The number of H-pyrrole nitrogens is 1. The van der Waals surface area contributed by atoms with Gasteiger partial charge in [-0.05, 0) is 42.8 Å². The molecule has 184 valence electrons. The Balaban J connectivity index is 1.45. The number of hydrogen-bond acceptors (Lipinski definition) is 4. The second-order valence-electron chi connectivity index (χ2n) is 9.13. The van der Waals surface area contributed by atoms with Crippen molar-refractivity contribution in [3.63, 3.8) is 0 Å². The van der Waals surface area contributed by atoms with Crippen LogP contribution in [0.3, 0.4) is 0 Å². The smallest absolute Gasteiger partial charge is 0.259 e. The summed E-state index contributed by atoms with van der Waals surface area (Å²) in [5.74, 6) is -0.843. The number of fused-ring (bicyclic) bond motifs is 2. The predicted octanol–water partition coefficient (Wildman–Crippen LogP) is 4.72. The van der Waals surface area contributed by atoms with Crippen LogP contribution in [-0.2, 0) is 20.9 Å². The molecular formula is C27H24Cl2N4O3. The number of carbonyl (C=O) groups is 2. The Kier molecular flexibility index (Phi) is 6.09. The maximum absolute atomic E-state index is 13.2. The van der Waals surface area contributed by atoms with E-state index in [4.69, 9.17) is 27.9 Å². The third kappa shape index (κ3) is 4.12. The number of hydrogen-bond donors (Lipinski definition) is 2. The highest BCUT2D eigenvalue weighted by atomic mass is 35.5. The third-order valence-electron chi connectivity index (χ3n) is 6.93. The van der Waals surface area contributed by atoms with Gasteiger partial charge < -0.3 is 14.3 Å². The number of benzene rings is 2. The molecule has 0 unspecified atom stereocenters. The molecule has 1 fully saturated rings. The summed E-state index contributed by atoms with van der Waals surface area (Å²) in [6, 6.07) is 11.1. The van der Waals surface area contributed by atoms with Gasteiger partial charge in [-0.1, -0.05) is 23.2 Å². The fourth-order valence-electron chi connectivity index (χ4n) is 5.21. The van der Waals surface area contributed by atoms with Crippen LogP contribution in [-0.4, -0.2) is 59.1 Å². The number of imide groups is 1. The minimum atomic E-state index is -0.425. The van der Waals surface area contributed by atoms with Gasteiger partial charge in [-0.2, -0.15) is 0 Å². The molecule has 6 rings (SSSR count). The number of aryl methyl sites for hydroxylation is 1. The molecule has 0 bridgehead atoms. The highest BCUT2D eigenvalue weighted by Gasteiger charge is 2.35. The van der Waals surface area contributed by atoms with Crippen LogP contribution in [0.5, 0.6) is 0 Å². The Morgan fingerprint density at radius 2 is 1.56 bits per heavy atom. The Bertz CT molecular complexity index is 1550. The van der Waals surface area contributed by atoms with Gasteiger partial charge in [-0.3, -0.25) is 19.8 Å². The molecule has 0 saturated carbocycles. The maximum Gasteiger partial charge on any atom is 0.259 e. The topological polar surface area (TPSA) is 79.4 Å². The van der Waals surface area contributed by atoms with E-state index in [1.807, 2.05) is 30.5 Å². The number of rotatable bonds is 6. The molecule has 36 heavy (non-hydrogen) atoms. The number of ether oxygens (including phenoxy) is 1. The summed E-state index contributed by atoms with van der Waals surface area (Å²) in [5.41, 5.74) is 3.81. The third-order valence-corrected chi connectivity index (χ3v) is 7.40. The molecule has 4 heterocycles. The summed E-state index contributed by atoms with van der Waals surface area (Å²) in [6.07, 6.45) is 4.67. The van der Waals surface area contributed by atoms with Crippen LogP contribution < -0.4 is 5.32 Å². The number of nitrogens with zero attached hydrogens (tertiary/aromatic N) is 2. The zero-order valence-electron chi connectivity index (χ0n) is 19.4. The number of aromatic nitrogens is 2. The SMILES string of the molecule is O=C1NC(=O)C(c2cn(CCCN3CCOCC3)c3ccc(Cl)cc23)=C1c1c[nH]c2ccc(Cl)cc12. The first kappa shape index (κ1) is 23.3. The fourth-order valence-corrected chi connectivity index (χ4v) is 5.56. The van der Waals surface area contributed by atoms with Crippen molar-refractivity contribution in [1.29, 1.82) is 0 Å². The summed E-state index contributed by atoms with van der Waals surface area (Å²) in [4.78, 5) is 31.8. The van der Waals surface area contributed by atoms with E-state index in [2.05, 4.69) is 19.8 Å². The summed E-state index contributed by atoms with van der Waals surface area (Å²) in [5, 5.41) is 5.24. The number of amides is 2. The standard InChI is InChI=1S/C27H24Cl2N4O3/c28-16-2-4-22-18(12-16)20(14-30-22)24-25(27(35)31-26(24)34)21-15-33(23-5-3-17(29)13-19(21)23)7-1-6-32-8-10-36-11-9-32/h2-5,12-15,30H,1,6-11H2,(H,31,34,35). The molecule has 7 nitrogen and oxygen atoms in total. The first-order valence-corrected chi connectivity index (χ1v) is 12.7. The number of halogens is 2. The van der Waals surface area contributed by atoms with E-state index in [9.17, 15) is 9.59 Å². The normalized spacial score (nSPS) is 17.1. The minimum absolute atomic E-state index is 0.334. The Hall–Kier alpha value is -3.10. The van der Waals surface area contributed by atoms with E-state index in [0.717, 1.165) is 67.6 Å². The lowest BCUT2D eigenvalue weighted by atomic mass is 9.95. The van der Waals surface area contributed by atoms with Crippen LogP contribution in [0.2, 0.25) is 10.0 Å². The highest BCUT2D eigenvalue weighted by Crippen LogP contribution is 2.39. The second-order valence-corrected chi connectivity index (χ2v) is 10.0. The molecular weight excluding hydrogens is 499 g/mol. The van der Waals surface area contributed by atoms with Gasteiger partial charge in [0, 0.05) is 81.6 Å². The van der Waals surface area contributed by atoms with Crippen molar-refractivity contribution < 1.29 is 14.3 Å². The van der Waals surface area contributed by atoms with Crippen molar-refractivity contribution in [3.8, 4) is 0 Å². The van der Waals surface area contributed by atoms with Gasteiger partial charge in [-0.15, -0.1) is 0 Å². The van der Waals surface area contributed by atoms with Crippen molar-refractivity contribution in [2.75, 3.05) is 32.8 Å². The van der Waals surface area contributed by atoms with Gasteiger partial charge in [-0.25, -0.2) is 0 Å². The zero-order chi connectivity index (χ0) is 24.8. The number of morpholine rings is 1. The quantitative estimate of drug-likeness (QED) is 0.359. The monoisotopic (exact) mass is 522 g/mol. The molecule has 1 saturated heterocycles. The van der Waals surface area contributed by atoms with Crippen LogP contribution >= 0.6 is 23.2 Å². The van der Waals surface area contributed by atoms with Gasteiger partial charge >= 0.3 is 0 Å². The van der Waals surface area contributed by atoms with Crippen molar-refractivity contribution in [2.24, 2.45) is 0 Å². The molecule has 0 aliphatic carbocycles. The molecule has 2 N–H and O–H groups in total. The second kappa shape index (κ2) is 9.41. The molecule has 2 amide bonds. The first-order chi connectivity index (χ1) is 17.5. The summed E-state index contributed by atoms with van der Waals surface area (Å²) < 4.78 is 7.59. The van der Waals surface area contributed by atoms with E-state index in [0.29, 0.717) is 32.3 Å². The molecule has 0 atom stereocenters. The lowest BCUT2D eigenvalue weighted by Gasteiger charge is -2.26. The molecule has 4 aromatic rings. The van der Waals surface area contributed by atoms with E-state index >= 15 is 0 Å². The van der Waals surface area contributed by atoms with Gasteiger partial charge in [0.1, 0.15) is 0 Å². The Labute approximate surface area is 217 Å². The number of carbonyl (C=O) groups excluding carboxylic acids is 2. The average Bonchev–Trinajstić information content (AvgIpc) is 3.52. The molecule has 2 aliphatic heterocycles. The molecule has 9 heteroatoms. The average molecular weight is 523 g/mol. The predicted molar refractivity (Wildman–Crippen MR) is 142 cm³/mol. The molecule has 2 aromatic carbocycles.